The molecule has 0 aliphatic rings. The van der Waals surface area contributed by atoms with Crippen molar-refractivity contribution in [3.63, 3.8) is 0 Å². The Hall–Kier alpha value is -1.88. The van der Waals surface area contributed by atoms with Crippen molar-refractivity contribution in [2.75, 3.05) is 5.32 Å². The van der Waals surface area contributed by atoms with Gasteiger partial charge in [0.25, 0.3) is 0 Å². The second-order valence-electron chi connectivity index (χ2n) is 5.72. The van der Waals surface area contributed by atoms with E-state index in [1.807, 2.05) is 24.3 Å². The minimum Gasteiger partial charge on any atom is -0.325 e. The van der Waals surface area contributed by atoms with Gasteiger partial charge in [-0.25, -0.2) is 8.78 Å². The third-order valence-corrected chi connectivity index (χ3v) is 5.03. The number of carbonyl (C=O) groups is 1. The molecule has 0 spiro atoms. The van der Waals surface area contributed by atoms with Gasteiger partial charge in [0, 0.05) is 10.6 Å². The van der Waals surface area contributed by atoms with Crippen LogP contribution >= 0.6 is 11.8 Å². The summed E-state index contributed by atoms with van der Waals surface area (Å²) in [6, 6.07) is 11.4. The van der Waals surface area contributed by atoms with Crippen molar-refractivity contribution in [1.82, 2.24) is 0 Å². The molecule has 2 aromatic carbocycles. The van der Waals surface area contributed by atoms with E-state index in [1.54, 1.807) is 6.92 Å². The Kier molecular flexibility index (Phi) is 6.37. The molecule has 128 valence electrons. The molecular weight excluding hydrogens is 328 g/mol. The van der Waals surface area contributed by atoms with Gasteiger partial charge in [-0.2, -0.15) is 0 Å². The summed E-state index contributed by atoms with van der Waals surface area (Å²) in [5.41, 5.74) is 1.90. The quantitative estimate of drug-likeness (QED) is 0.688. The third kappa shape index (κ3) is 4.57. The van der Waals surface area contributed by atoms with Gasteiger partial charge in [-0.3, -0.25) is 4.79 Å². The first-order chi connectivity index (χ1) is 11.4. The topological polar surface area (TPSA) is 29.1 Å². The van der Waals surface area contributed by atoms with E-state index >= 15 is 0 Å². The Labute approximate surface area is 145 Å². The molecule has 0 bridgehead atoms. The highest BCUT2D eigenvalue weighted by Crippen LogP contribution is 2.29. The number of nitrogens with one attached hydrogen (secondary N) is 1. The maximum atomic E-state index is 13.3. The number of amides is 1. The van der Waals surface area contributed by atoms with Gasteiger partial charge in [-0.1, -0.05) is 32.0 Å². The Balaban J connectivity index is 2.08. The molecule has 2 aromatic rings. The van der Waals surface area contributed by atoms with Crippen LogP contribution in [0.1, 0.15) is 38.7 Å². The first-order valence-electron chi connectivity index (χ1n) is 7.93. The molecule has 24 heavy (non-hydrogen) atoms. The van der Waals surface area contributed by atoms with E-state index < -0.39 is 16.9 Å². The van der Waals surface area contributed by atoms with Crippen molar-refractivity contribution in [2.45, 2.75) is 43.3 Å². The van der Waals surface area contributed by atoms with Crippen LogP contribution in [-0.4, -0.2) is 11.2 Å². The fraction of sp³-hybridized carbons (Fsp3) is 0.316. The van der Waals surface area contributed by atoms with Crippen LogP contribution in [0.15, 0.2) is 47.4 Å². The van der Waals surface area contributed by atoms with Crippen molar-refractivity contribution >= 4 is 23.4 Å². The molecular formula is C19H21F2NOS. The maximum absolute atomic E-state index is 13.3. The smallest absolute Gasteiger partial charge is 0.237 e. The van der Waals surface area contributed by atoms with Crippen molar-refractivity contribution in [1.29, 1.82) is 0 Å². The fourth-order valence-electron chi connectivity index (χ4n) is 2.30. The molecule has 0 aliphatic carbocycles. The molecule has 0 unspecified atom stereocenters. The highest BCUT2D eigenvalue weighted by Gasteiger charge is 2.18. The summed E-state index contributed by atoms with van der Waals surface area (Å²) in [7, 11) is 0. The van der Waals surface area contributed by atoms with Crippen molar-refractivity contribution in [3.8, 4) is 0 Å². The molecule has 0 aliphatic heterocycles. The Morgan fingerprint density at radius 2 is 1.83 bits per heavy atom. The van der Waals surface area contributed by atoms with Crippen LogP contribution in [0.3, 0.4) is 0 Å². The van der Waals surface area contributed by atoms with Gasteiger partial charge in [0.15, 0.2) is 11.6 Å². The molecule has 2 rings (SSSR count). The Morgan fingerprint density at radius 1 is 1.12 bits per heavy atom. The number of para-hydroxylation sites is 1. The van der Waals surface area contributed by atoms with E-state index in [2.05, 4.69) is 19.2 Å². The van der Waals surface area contributed by atoms with Crippen LogP contribution in [0.5, 0.6) is 0 Å². The number of benzene rings is 2. The maximum Gasteiger partial charge on any atom is 0.237 e. The molecule has 2 atom stereocenters. The SMILES string of the molecule is CC[C@H](C)c1ccccc1NC(=O)[C@H](C)Sc1ccc(F)c(F)c1. The molecule has 2 nitrogen and oxygen atoms in total. The Morgan fingerprint density at radius 3 is 2.50 bits per heavy atom. The van der Waals surface area contributed by atoms with Crippen molar-refractivity contribution in [3.05, 3.63) is 59.7 Å². The summed E-state index contributed by atoms with van der Waals surface area (Å²) in [4.78, 5) is 13.0. The van der Waals surface area contributed by atoms with Crippen LogP contribution in [0, 0.1) is 11.6 Å². The molecule has 0 aromatic heterocycles. The van der Waals surface area contributed by atoms with Crippen LogP contribution in [0.4, 0.5) is 14.5 Å². The molecule has 0 radical (unpaired) electrons. The Bertz CT molecular complexity index is 720. The zero-order chi connectivity index (χ0) is 17.7. The van der Waals surface area contributed by atoms with Gasteiger partial charge in [-0.15, -0.1) is 11.8 Å². The van der Waals surface area contributed by atoms with Gasteiger partial charge in [0.05, 0.1) is 5.25 Å². The lowest BCUT2D eigenvalue weighted by Gasteiger charge is -2.17. The van der Waals surface area contributed by atoms with Gasteiger partial charge in [0.1, 0.15) is 0 Å². The first kappa shape index (κ1) is 18.5. The molecule has 1 N–H and O–H groups in total. The van der Waals surface area contributed by atoms with E-state index in [0.29, 0.717) is 10.8 Å². The second kappa shape index (κ2) is 8.29. The average Bonchev–Trinajstić information content (AvgIpc) is 2.58. The minimum atomic E-state index is -0.908. The molecule has 0 saturated heterocycles. The number of halogens is 2. The number of carbonyl (C=O) groups excluding carboxylic acids is 1. The van der Waals surface area contributed by atoms with Gasteiger partial charge in [0.2, 0.25) is 5.91 Å². The van der Waals surface area contributed by atoms with Crippen LogP contribution in [0.25, 0.3) is 0 Å². The number of anilines is 1. The summed E-state index contributed by atoms with van der Waals surface area (Å²) < 4.78 is 26.2. The summed E-state index contributed by atoms with van der Waals surface area (Å²) in [6.07, 6.45) is 0.978. The predicted octanol–water partition coefficient (Wildman–Crippen LogP) is 5.60. The van der Waals surface area contributed by atoms with Crippen LogP contribution in [-0.2, 0) is 4.79 Å². The van der Waals surface area contributed by atoms with E-state index in [9.17, 15) is 13.6 Å². The lowest BCUT2D eigenvalue weighted by atomic mass is 9.97. The minimum absolute atomic E-state index is 0.166. The van der Waals surface area contributed by atoms with E-state index in [-0.39, 0.29) is 5.91 Å². The lowest BCUT2D eigenvalue weighted by Crippen LogP contribution is -2.23. The summed E-state index contributed by atoms with van der Waals surface area (Å²) in [6.45, 7) is 5.96. The number of hydrogen-bond acceptors (Lipinski definition) is 2. The van der Waals surface area contributed by atoms with E-state index in [0.717, 1.165) is 29.8 Å². The zero-order valence-electron chi connectivity index (χ0n) is 14.0. The van der Waals surface area contributed by atoms with E-state index in [1.165, 1.54) is 17.8 Å². The molecule has 0 fully saturated rings. The lowest BCUT2D eigenvalue weighted by molar-refractivity contribution is -0.115. The van der Waals surface area contributed by atoms with Gasteiger partial charge < -0.3 is 5.32 Å². The number of rotatable bonds is 6. The van der Waals surface area contributed by atoms with Crippen molar-refractivity contribution < 1.29 is 13.6 Å². The molecule has 0 heterocycles. The third-order valence-electron chi connectivity index (χ3n) is 3.94. The standard InChI is InChI=1S/C19H21F2NOS/c1-4-12(2)15-7-5-6-8-18(15)22-19(23)13(3)24-14-9-10-16(20)17(21)11-14/h5-13H,4H2,1-3H3,(H,22,23)/t12-,13-/m0/s1. The first-order valence-corrected chi connectivity index (χ1v) is 8.81. The fourth-order valence-corrected chi connectivity index (χ4v) is 3.19. The van der Waals surface area contributed by atoms with Crippen LogP contribution < -0.4 is 5.32 Å². The molecule has 0 saturated carbocycles. The van der Waals surface area contributed by atoms with Gasteiger partial charge in [-0.05, 0) is 49.1 Å². The highest BCUT2D eigenvalue weighted by atomic mass is 32.2. The largest absolute Gasteiger partial charge is 0.325 e. The van der Waals surface area contributed by atoms with Crippen LogP contribution in [0.2, 0.25) is 0 Å². The van der Waals surface area contributed by atoms with Crippen molar-refractivity contribution in [2.24, 2.45) is 0 Å². The predicted molar refractivity (Wildman–Crippen MR) is 95.5 cm³/mol. The second-order valence-corrected chi connectivity index (χ2v) is 7.14. The molecule has 5 heteroatoms. The monoisotopic (exact) mass is 349 g/mol. The summed E-state index contributed by atoms with van der Waals surface area (Å²) in [5.74, 6) is -1.62. The zero-order valence-corrected chi connectivity index (χ0v) is 14.8. The number of hydrogen-bond donors (Lipinski definition) is 1. The molecule has 1 amide bonds. The van der Waals surface area contributed by atoms with Gasteiger partial charge >= 0.3 is 0 Å². The number of thioether (sulfide) groups is 1. The average molecular weight is 349 g/mol. The highest BCUT2D eigenvalue weighted by molar-refractivity contribution is 8.00. The normalized spacial score (nSPS) is 13.4. The summed E-state index contributed by atoms with van der Waals surface area (Å²) >= 11 is 1.20. The van der Waals surface area contributed by atoms with E-state index in [4.69, 9.17) is 0 Å². The summed E-state index contributed by atoms with van der Waals surface area (Å²) in [5, 5.41) is 2.51.